The zero-order valence-corrected chi connectivity index (χ0v) is 17.8. The number of para-hydroxylation sites is 2. The van der Waals surface area contributed by atoms with Crippen LogP contribution < -0.4 is 0 Å². The van der Waals surface area contributed by atoms with Gasteiger partial charge in [-0.15, -0.1) is 0 Å². The number of halogens is 1. The van der Waals surface area contributed by atoms with Crippen molar-refractivity contribution in [3.05, 3.63) is 102 Å². The maximum atomic E-state index is 8.03. The third-order valence-corrected chi connectivity index (χ3v) is 7.00. The van der Waals surface area contributed by atoms with E-state index >= 15 is 0 Å². The predicted molar refractivity (Wildman–Crippen MR) is 136 cm³/mol. The van der Waals surface area contributed by atoms with Crippen LogP contribution in [-0.4, -0.2) is 10.8 Å². The molecule has 1 aliphatic carbocycles. The molecule has 7 rings (SSSR count). The van der Waals surface area contributed by atoms with Crippen molar-refractivity contribution < 1.29 is 0 Å². The minimum absolute atomic E-state index is 0.639. The van der Waals surface area contributed by atoms with Crippen molar-refractivity contribution in [1.82, 2.24) is 4.57 Å². The first-order valence-electron chi connectivity index (χ1n) is 10.7. The van der Waals surface area contributed by atoms with E-state index in [1.165, 1.54) is 50.0 Å². The molecule has 0 saturated heterocycles. The molecule has 3 heteroatoms. The first kappa shape index (κ1) is 17.8. The van der Waals surface area contributed by atoms with Crippen molar-refractivity contribution in [1.29, 1.82) is 5.41 Å². The molecule has 0 aliphatic heterocycles. The number of fused-ring (bicyclic) bond motifs is 7. The van der Waals surface area contributed by atoms with Crippen LogP contribution in [0.3, 0.4) is 0 Å². The van der Waals surface area contributed by atoms with Crippen LogP contribution in [0.25, 0.3) is 60.5 Å². The van der Waals surface area contributed by atoms with Gasteiger partial charge in [0.05, 0.1) is 21.7 Å². The van der Waals surface area contributed by atoms with E-state index in [1.54, 1.807) is 0 Å². The summed E-state index contributed by atoms with van der Waals surface area (Å²) in [5.41, 5.74) is 9.02. The van der Waals surface area contributed by atoms with Gasteiger partial charge in [0.1, 0.15) is 0 Å². The number of aromatic nitrogens is 1. The third-order valence-electron chi connectivity index (χ3n) is 6.70. The molecule has 1 heterocycles. The van der Waals surface area contributed by atoms with E-state index in [-0.39, 0.29) is 0 Å². The molecule has 0 radical (unpaired) electrons. The van der Waals surface area contributed by atoms with Crippen LogP contribution in [0.5, 0.6) is 0 Å². The molecule has 6 aromatic rings. The summed E-state index contributed by atoms with van der Waals surface area (Å²) in [4.78, 5) is 0. The Hall–Kier alpha value is -3.88. The van der Waals surface area contributed by atoms with Crippen LogP contribution in [-0.2, 0) is 0 Å². The SMILES string of the molecule is N=Cc1cccc(Cl)c1-n1c2ccccc2c2cc3c4c(cccc4c21)-c1ccccc1-3. The molecule has 0 spiro atoms. The summed E-state index contributed by atoms with van der Waals surface area (Å²) >= 11 is 6.78. The second-order valence-electron chi connectivity index (χ2n) is 8.27. The molecule has 2 nitrogen and oxygen atoms in total. The fourth-order valence-corrected chi connectivity index (χ4v) is 5.71. The van der Waals surface area contributed by atoms with Crippen LogP contribution in [0, 0.1) is 5.41 Å². The lowest BCUT2D eigenvalue weighted by molar-refractivity contribution is 1.18. The van der Waals surface area contributed by atoms with Gasteiger partial charge < -0.3 is 9.98 Å². The van der Waals surface area contributed by atoms with E-state index in [0.717, 1.165) is 22.3 Å². The number of benzene rings is 5. The highest BCUT2D eigenvalue weighted by molar-refractivity contribution is 6.34. The summed E-state index contributed by atoms with van der Waals surface area (Å²) in [5.74, 6) is 0. The number of hydrogen-bond acceptors (Lipinski definition) is 1. The van der Waals surface area contributed by atoms with Gasteiger partial charge in [-0.2, -0.15) is 0 Å². The molecule has 0 atom stereocenters. The van der Waals surface area contributed by atoms with Crippen molar-refractivity contribution in [3.63, 3.8) is 0 Å². The van der Waals surface area contributed by atoms with Crippen LogP contribution in [0.1, 0.15) is 5.56 Å². The highest BCUT2D eigenvalue weighted by Gasteiger charge is 2.26. The summed E-state index contributed by atoms with van der Waals surface area (Å²) in [5, 5.41) is 13.6. The molecule has 150 valence electrons. The zero-order chi connectivity index (χ0) is 21.4. The smallest absolute Gasteiger partial charge is 0.0736 e. The third kappa shape index (κ3) is 2.12. The molecule has 0 saturated carbocycles. The van der Waals surface area contributed by atoms with E-state index in [4.69, 9.17) is 17.0 Å². The highest BCUT2D eigenvalue weighted by Crippen LogP contribution is 2.51. The highest BCUT2D eigenvalue weighted by atomic mass is 35.5. The molecule has 0 bridgehead atoms. The molecule has 5 aromatic carbocycles. The fourth-order valence-electron chi connectivity index (χ4n) is 5.44. The molecule has 0 fully saturated rings. The quantitative estimate of drug-likeness (QED) is 0.268. The van der Waals surface area contributed by atoms with Crippen molar-refractivity contribution >= 4 is 50.4 Å². The molecule has 32 heavy (non-hydrogen) atoms. The Morgan fingerprint density at radius 2 is 1.34 bits per heavy atom. The average Bonchev–Trinajstić information content (AvgIpc) is 3.34. The van der Waals surface area contributed by atoms with Gasteiger partial charge in [-0.05, 0) is 45.8 Å². The minimum Gasteiger partial charge on any atom is -0.308 e. The first-order valence-corrected chi connectivity index (χ1v) is 11.0. The maximum absolute atomic E-state index is 8.03. The summed E-state index contributed by atoms with van der Waals surface area (Å²) in [7, 11) is 0. The molecule has 1 N–H and O–H groups in total. The topological polar surface area (TPSA) is 28.8 Å². The maximum Gasteiger partial charge on any atom is 0.0736 e. The van der Waals surface area contributed by atoms with Crippen molar-refractivity contribution in [2.45, 2.75) is 0 Å². The standard InChI is InChI=1S/C29H17ClN2/c30-25-13-5-7-17(16-31)28(25)32-26-14-4-3-10-20(26)24-15-23-19-9-2-1-8-18(19)21-11-6-12-22(27(21)23)29(24)32/h1-16,31H. The van der Waals surface area contributed by atoms with Crippen molar-refractivity contribution in [3.8, 4) is 27.9 Å². The van der Waals surface area contributed by atoms with Crippen LogP contribution in [0.2, 0.25) is 5.02 Å². The van der Waals surface area contributed by atoms with Gasteiger partial charge in [0.25, 0.3) is 0 Å². The van der Waals surface area contributed by atoms with Gasteiger partial charge in [0, 0.05) is 27.9 Å². The summed E-state index contributed by atoms with van der Waals surface area (Å²) < 4.78 is 2.25. The first-order chi connectivity index (χ1) is 15.8. The Balaban J connectivity index is 1.78. The normalized spacial score (nSPS) is 12.0. The minimum atomic E-state index is 0.639. The number of nitrogens with one attached hydrogen (secondary N) is 1. The Labute approximate surface area is 189 Å². The number of nitrogens with zero attached hydrogens (tertiary/aromatic N) is 1. The Morgan fingerprint density at radius 3 is 2.19 bits per heavy atom. The average molecular weight is 429 g/mol. The van der Waals surface area contributed by atoms with Gasteiger partial charge in [-0.3, -0.25) is 0 Å². The van der Waals surface area contributed by atoms with E-state index in [9.17, 15) is 0 Å². The lowest BCUT2D eigenvalue weighted by atomic mass is 9.99. The van der Waals surface area contributed by atoms with Crippen LogP contribution in [0.4, 0.5) is 0 Å². The monoisotopic (exact) mass is 428 g/mol. The van der Waals surface area contributed by atoms with E-state index in [1.807, 2.05) is 18.2 Å². The van der Waals surface area contributed by atoms with E-state index in [2.05, 4.69) is 77.4 Å². The largest absolute Gasteiger partial charge is 0.308 e. The van der Waals surface area contributed by atoms with Gasteiger partial charge in [0.2, 0.25) is 0 Å². The molecule has 1 aliphatic rings. The van der Waals surface area contributed by atoms with Gasteiger partial charge in [-0.1, -0.05) is 84.4 Å². The van der Waals surface area contributed by atoms with Gasteiger partial charge >= 0.3 is 0 Å². The van der Waals surface area contributed by atoms with Gasteiger partial charge in [0.15, 0.2) is 0 Å². The molecule has 1 aromatic heterocycles. The lowest BCUT2D eigenvalue weighted by Crippen LogP contribution is -2.00. The van der Waals surface area contributed by atoms with Gasteiger partial charge in [-0.25, -0.2) is 0 Å². The van der Waals surface area contributed by atoms with Crippen molar-refractivity contribution in [2.24, 2.45) is 0 Å². The van der Waals surface area contributed by atoms with E-state index < -0.39 is 0 Å². The van der Waals surface area contributed by atoms with E-state index in [0.29, 0.717) is 5.02 Å². The van der Waals surface area contributed by atoms with Crippen LogP contribution >= 0.6 is 11.6 Å². The Kier molecular flexibility index (Phi) is 3.51. The number of rotatable bonds is 2. The zero-order valence-electron chi connectivity index (χ0n) is 17.1. The van der Waals surface area contributed by atoms with Crippen molar-refractivity contribution in [2.75, 3.05) is 0 Å². The molecular formula is C29H17ClN2. The van der Waals surface area contributed by atoms with Crippen LogP contribution in [0.15, 0.2) is 91.0 Å². The number of hydrogen-bond donors (Lipinski definition) is 1. The Morgan fingerprint density at radius 1 is 0.656 bits per heavy atom. The summed E-state index contributed by atoms with van der Waals surface area (Å²) in [6, 6.07) is 31.8. The molecule has 0 unspecified atom stereocenters. The predicted octanol–water partition coefficient (Wildman–Crippen LogP) is 8.24. The molecular weight excluding hydrogens is 412 g/mol. The second-order valence-corrected chi connectivity index (χ2v) is 8.68. The second kappa shape index (κ2) is 6.32. The molecule has 0 amide bonds. The fraction of sp³-hybridized carbons (Fsp3) is 0. The summed E-state index contributed by atoms with van der Waals surface area (Å²) in [6.45, 7) is 0. The Bertz CT molecular complexity index is 1760. The summed E-state index contributed by atoms with van der Waals surface area (Å²) in [6.07, 6.45) is 1.39. The lowest BCUT2D eigenvalue weighted by Gasteiger charge is -2.15.